The van der Waals surface area contributed by atoms with Gasteiger partial charge in [0.1, 0.15) is 11.1 Å². The standard InChI is InChI=1S/C23H15N3O2/c24-15-16-7-6-11-19(13-16)26-23-20(14-17-8-4-5-12-21(17)28-23)22(27)25-18-9-2-1-3-10-18/h1-14H,(H,25,27). The smallest absolute Gasteiger partial charge is 0.261 e. The molecule has 28 heavy (non-hydrogen) atoms. The molecule has 134 valence electrons. The number of nitrogens with one attached hydrogen (secondary N) is 1. The molecule has 1 aromatic heterocycles. The molecule has 0 unspecified atom stereocenters. The first-order chi connectivity index (χ1) is 13.7. The van der Waals surface area contributed by atoms with E-state index in [0.29, 0.717) is 28.1 Å². The third kappa shape index (κ3) is 3.67. The lowest BCUT2D eigenvalue weighted by Crippen LogP contribution is -2.21. The van der Waals surface area contributed by atoms with Crippen LogP contribution < -0.4 is 10.9 Å². The van der Waals surface area contributed by atoms with Crippen LogP contribution in [0.3, 0.4) is 0 Å². The summed E-state index contributed by atoms with van der Waals surface area (Å²) >= 11 is 0. The van der Waals surface area contributed by atoms with E-state index >= 15 is 0 Å². The molecule has 0 bridgehead atoms. The van der Waals surface area contributed by atoms with Crippen molar-refractivity contribution in [2.75, 3.05) is 5.32 Å². The molecule has 0 radical (unpaired) electrons. The van der Waals surface area contributed by atoms with Gasteiger partial charge in [0.05, 0.1) is 17.3 Å². The molecule has 1 N–H and O–H groups in total. The molecule has 3 aromatic carbocycles. The Morgan fingerprint density at radius 3 is 2.54 bits per heavy atom. The van der Waals surface area contributed by atoms with Crippen LogP contribution in [0.25, 0.3) is 11.0 Å². The second-order valence-electron chi connectivity index (χ2n) is 6.10. The van der Waals surface area contributed by atoms with Gasteiger partial charge < -0.3 is 9.73 Å². The van der Waals surface area contributed by atoms with Crippen LogP contribution in [0.2, 0.25) is 0 Å². The van der Waals surface area contributed by atoms with E-state index in [9.17, 15) is 4.79 Å². The van der Waals surface area contributed by atoms with Gasteiger partial charge in [0.25, 0.3) is 5.91 Å². The molecule has 0 fully saturated rings. The van der Waals surface area contributed by atoms with Crippen LogP contribution in [0.5, 0.6) is 0 Å². The van der Waals surface area contributed by atoms with E-state index in [2.05, 4.69) is 16.4 Å². The van der Waals surface area contributed by atoms with Gasteiger partial charge in [0, 0.05) is 11.1 Å². The van der Waals surface area contributed by atoms with Crippen molar-refractivity contribution in [1.82, 2.24) is 0 Å². The number of anilines is 1. The Morgan fingerprint density at radius 1 is 0.929 bits per heavy atom. The molecule has 0 aliphatic rings. The summed E-state index contributed by atoms with van der Waals surface area (Å²) in [6.07, 6.45) is 0. The molecule has 5 heteroatoms. The molecule has 0 atom stereocenters. The SMILES string of the molecule is N#Cc1cccc(N=c2oc3ccccc3cc2C(=O)Nc2ccccc2)c1. The second-order valence-corrected chi connectivity index (χ2v) is 6.10. The maximum atomic E-state index is 12.9. The van der Waals surface area contributed by atoms with Crippen molar-refractivity contribution in [3.63, 3.8) is 0 Å². The maximum absolute atomic E-state index is 12.9. The topological polar surface area (TPSA) is 78.4 Å². The first kappa shape index (κ1) is 17.3. The number of para-hydroxylation sites is 2. The minimum Gasteiger partial charge on any atom is -0.438 e. The number of fused-ring (bicyclic) bond motifs is 1. The van der Waals surface area contributed by atoms with Crippen LogP contribution in [0.4, 0.5) is 11.4 Å². The van der Waals surface area contributed by atoms with Gasteiger partial charge in [-0.15, -0.1) is 0 Å². The number of hydrogen-bond acceptors (Lipinski definition) is 4. The van der Waals surface area contributed by atoms with E-state index in [1.807, 2.05) is 54.6 Å². The van der Waals surface area contributed by atoms with Crippen LogP contribution in [0.1, 0.15) is 15.9 Å². The molecule has 0 aliphatic heterocycles. The number of amides is 1. The number of carbonyl (C=O) groups is 1. The van der Waals surface area contributed by atoms with Crippen LogP contribution in [0, 0.1) is 11.3 Å². The van der Waals surface area contributed by atoms with Crippen molar-refractivity contribution in [2.45, 2.75) is 0 Å². The predicted octanol–water partition coefficient (Wildman–Crippen LogP) is 4.79. The molecule has 0 aliphatic carbocycles. The average Bonchev–Trinajstić information content (AvgIpc) is 2.74. The predicted molar refractivity (Wildman–Crippen MR) is 107 cm³/mol. The Hall–Kier alpha value is -4.17. The molecule has 5 nitrogen and oxygen atoms in total. The van der Waals surface area contributed by atoms with Crippen molar-refractivity contribution in [2.24, 2.45) is 4.99 Å². The lowest BCUT2D eigenvalue weighted by atomic mass is 10.1. The normalized spacial score (nSPS) is 11.2. The van der Waals surface area contributed by atoms with Gasteiger partial charge in [-0.1, -0.05) is 42.5 Å². The fourth-order valence-electron chi connectivity index (χ4n) is 2.80. The van der Waals surface area contributed by atoms with E-state index < -0.39 is 0 Å². The number of nitriles is 1. The van der Waals surface area contributed by atoms with Crippen LogP contribution >= 0.6 is 0 Å². The van der Waals surface area contributed by atoms with Gasteiger partial charge in [-0.05, 0) is 42.5 Å². The van der Waals surface area contributed by atoms with Gasteiger partial charge in [0.15, 0.2) is 0 Å². The number of carbonyl (C=O) groups excluding carboxylic acids is 1. The van der Waals surface area contributed by atoms with E-state index in [1.54, 1.807) is 30.3 Å². The highest BCUT2D eigenvalue weighted by atomic mass is 16.3. The fourth-order valence-corrected chi connectivity index (χ4v) is 2.80. The molecular weight excluding hydrogens is 350 g/mol. The Kier molecular flexibility index (Phi) is 4.68. The van der Waals surface area contributed by atoms with Gasteiger partial charge in [-0.2, -0.15) is 5.26 Å². The molecular formula is C23H15N3O2. The molecule has 4 aromatic rings. The van der Waals surface area contributed by atoms with E-state index in [1.165, 1.54) is 0 Å². The first-order valence-corrected chi connectivity index (χ1v) is 8.67. The van der Waals surface area contributed by atoms with Gasteiger partial charge in [-0.3, -0.25) is 4.79 Å². The summed E-state index contributed by atoms with van der Waals surface area (Å²) in [6, 6.07) is 27.3. The highest BCUT2D eigenvalue weighted by molar-refractivity contribution is 6.05. The zero-order valence-electron chi connectivity index (χ0n) is 14.8. The second kappa shape index (κ2) is 7.60. The molecule has 0 spiro atoms. The third-order valence-electron chi connectivity index (χ3n) is 4.14. The zero-order chi connectivity index (χ0) is 19.3. The Bertz CT molecular complexity index is 1270. The maximum Gasteiger partial charge on any atom is 0.261 e. The Morgan fingerprint density at radius 2 is 1.71 bits per heavy atom. The van der Waals surface area contributed by atoms with E-state index in [-0.39, 0.29) is 11.5 Å². The summed E-state index contributed by atoms with van der Waals surface area (Å²) in [5.41, 5.74) is 2.81. The van der Waals surface area contributed by atoms with Crippen molar-refractivity contribution >= 4 is 28.3 Å². The molecule has 1 amide bonds. The summed E-state index contributed by atoms with van der Waals surface area (Å²) in [6.45, 7) is 0. The highest BCUT2D eigenvalue weighted by Crippen LogP contribution is 2.17. The number of benzene rings is 3. The average molecular weight is 365 g/mol. The number of hydrogen-bond donors (Lipinski definition) is 1. The minimum atomic E-state index is -0.323. The summed E-state index contributed by atoms with van der Waals surface area (Å²) in [5, 5.41) is 12.8. The lowest BCUT2D eigenvalue weighted by Gasteiger charge is -2.07. The van der Waals surface area contributed by atoms with E-state index in [0.717, 1.165) is 5.39 Å². The summed E-state index contributed by atoms with van der Waals surface area (Å²) in [5.74, 6) is -0.323. The van der Waals surface area contributed by atoms with Crippen LogP contribution in [0.15, 0.2) is 94.3 Å². The largest absolute Gasteiger partial charge is 0.438 e. The quantitative estimate of drug-likeness (QED) is 0.567. The monoisotopic (exact) mass is 365 g/mol. The van der Waals surface area contributed by atoms with E-state index in [4.69, 9.17) is 9.68 Å². The van der Waals surface area contributed by atoms with Gasteiger partial charge in [-0.25, -0.2) is 4.99 Å². The molecule has 0 saturated heterocycles. The van der Waals surface area contributed by atoms with Gasteiger partial charge >= 0.3 is 0 Å². The summed E-state index contributed by atoms with van der Waals surface area (Å²) < 4.78 is 5.92. The summed E-state index contributed by atoms with van der Waals surface area (Å²) in [4.78, 5) is 17.4. The van der Waals surface area contributed by atoms with Crippen LogP contribution in [-0.2, 0) is 0 Å². The van der Waals surface area contributed by atoms with Crippen molar-refractivity contribution in [3.8, 4) is 6.07 Å². The third-order valence-corrected chi connectivity index (χ3v) is 4.14. The van der Waals surface area contributed by atoms with Crippen molar-refractivity contribution in [1.29, 1.82) is 5.26 Å². The Labute approximate surface area is 161 Å². The van der Waals surface area contributed by atoms with Crippen LogP contribution in [-0.4, -0.2) is 5.91 Å². The highest BCUT2D eigenvalue weighted by Gasteiger charge is 2.13. The van der Waals surface area contributed by atoms with Crippen molar-refractivity contribution in [3.05, 3.63) is 102 Å². The number of rotatable bonds is 3. The molecule has 1 heterocycles. The Balaban J connectivity index is 1.86. The number of nitrogens with zero attached hydrogens (tertiary/aromatic N) is 2. The summed E-state index contributed by atoms with van der Waals surface area (Å²) in [7, 11) is 0. The zero-order valence-corrected chi connectivity index (χ0v) is 14.8. The van der Waals surface area contributed by atoms with Gasteiger partial charge in [0.2, 0.25) is 5.55 Å². The lowest BCUT2D eigenvalue weighted by molar-refractivity contribution is 0.102. The first-order valence-electron chi connectivity index (χ1n) is 8.67. The van der Waals surface area contributed by atoms with Crippen molar-refractivity contribution < 1.29 is 9.21 Å². The minimum absolute atomic E-state index is 0.183. The fraction of sp³-hybridized carbons (Fsp3) is 0. The molecule has 4 rings (SSSR count). The molecule has 0 saturated carbocycles.